The predicted molar refractivity (Wildman–Crippen MR) is 78.8 cm³/mol. The minimum absolute atomic E-state index is 0.0246. The Morgan fingerprint density at radius 1 is 1.57 bits per heavy atom. The highest BCUT2D eigenvalue weighted by Crippen LogP contribution is 2.15. The second-order valence-electron chi connectivity index (χ2n) is 4.87. The molecule has 1 aliphatic rings. The molecule has 0 radical (unpaired) electrons. The summed E-state index contributed by atoms with van der Waals surface area (Å²) in [5.74, 6) is 5.71. The van der Waals surface area contributed by atoms with Crippen molar-refractivity contribution in [2.24, 2.45) is 0 Å². The standard InChI is InChI=1S/C16H20N2O3/c1-2-15-12-21-8-6-18(15)16(20)14-9-13(10-17-11-14)5-3-4-7-19/h9-11,15,19H,2,4,6-8,12H2,1H3. The zero-order valence-electron chi connectivity index (χ0n) is 12.2. The molecule has 1 aliphatic heterocycles. The van der Waals surface area contributed by atoms with Gasteiger partial charge >= 0.3 is 0 Å². The maximum Gasteiger partial charge on any atom is 0.255 e. The molecular formula is C16H20N2O3. The van der Waals surface area contributed by atoms with Crippen molar-refractivity contribution in [1.29, 1.82) is 0 Å². The summed E-state index contributed by atoms with van der Waals surface area (Å²) in [4.78, 5) is 18.5. The smallest absolute Gasteiger partial charge is 0.255 e. The molecule has 0 spiro atoms. The number of aliphatic hydroxyl groups is 1. The molecule has 0 bridgehead atoms. The van der Waals surface area contributed by atoms with E-state index in [1.165, 1.54) is 0 Å². The lowest BCUT2D eigenvalue weighted by Gasteiger charge is -2.35. The third-order valence-electron chi connectivity index (χ3n) is 3.41. The molecule has 0 aromatic carbocycles. The van der Waals surface area contributed by atoms with Crippen LogP contribution in [0.1, 0.15) is 35.7 Å². The van der Waals surface area contributed by atoms with Crippen molar-refractivity contribution in [3.05, 3.63) is 29.6 Å². The van der Waals surface area contributed by atoms with Gasteiger partial charge in [-0.3, -0.25) is 9.78 Å². The second-order valence-corrected chi connectivity index (χ2v) is 4.87. The van der Waals surface area contributed by atoms with Crippen molar-refractivity contribution >= 4 is 5.91 Å². The summed E-state index contributed by atoms with van der Waals surface area (Å²) < 4.78 is 5.42. The summed E-state index contributed by atoms with van der Waals surface area (Å²) >= 11 is 0. The summed E-state index contributed by atoms with van der Waals surface area (Å²) in [7, 11) is 0. The fraction of sp³-hybridized carbons (Fsp3) is 0.500. The van der Waals surface area contributed by atoms with Crippen molar-refractivity contribution in [3.8, 4) is 11.8 Å². The van der Waals surface area contributed by atoms with Crippen molar-refractivity contribution in [1.82, 2.24) is 9.88 Å². The molecule has 1 atom stereocenters. The van der Waals surface area contributed by atoms with Crippen LogP contribution in [-0.4, -0.2) is 53.3 Å². The van der Waals surface area contributed by atoms with E-state index >= 15 is 0 Å². The summed E-state index contributed by atoms with van der Waals surface area (Å²) in [6, 6.07) is 1.87. The highest BCUT2D eigenvalue weighted by molar-refractivity contribution is 5.94. The predicted octanol–water partition coefficient (Wildman–Crippen LogP) is 1.07. The maximum atomic E-state index is 12.6. The van der Waals surface area contributed by atoms with E-state index in [9.17, 15) is 4.79 Å². The van der Waals surface area contributed by atoms with Crippen LogP contribution >= 0.6 is 0 Å². The molecule has 0 aliphatic carbocycles. The largest absolute Gasteiger partial charge is 0.395 e. The lowest BCUT2D eigenvalue weighted by atomic mass is 10.1. The van der Waals surface area contributed by atoms with Crippen LogP contribution < -0.4 is 0 Å². The minimum Gasteiger partial charge on any atom is -0.395 e. The van der Waals surface area contributed by atoms with Gasteiger partial charge in [0, 0.05) is 30.9 Å². The Kier molecular flexibility index (Phi) is 5.73. The van der Waals surface area contributed by atoms with E-state index in [2.05, 4.69) is 23.7 Å². The van der Waals surface area contributed by atoms with Gasteiger partial charge in [0.15, 0.2) is 0 Å². The molecule has 0 saturated carbocycles. The van der Waals surface area contributed by atoms with Crippen molar-refractivity contribution in [2.45, 2.75) is 25.8 Å². The monoisotopic (exact) mass is 288 g/mol. The molecule has 2 heterocycles. The molecule has 1 fully saturated rings. The van der Waals surface area contributed by atoms with Crippen molar-refractivity contribution in [2.75, 3.05) is 26.4 Å². The van der Waals surface area contributed by atoms with Gasteiger partial charge in [0.1, 0.15) is 0 Å². The number of hydrogen-bond donors (Lipinski definition) is 1. The van der Waals surface area contributed by atoms with Gasteiger partial charge in [-0.05, 0) is 12.5 Å². The van der Waals surface area contributed by atoms with E-state index in [1.807, 2.05) is 4.90 Å². The first-order valence-corrected chi connectivity index (χ1v) is 7.19. The summed E-state index contributed by atoms with van der Waals surface area (Å²) in [5, 5.41) is 8.72. The molecule has 1 aromatic rings. The number of aliphatic hydroxyl groups excluding tert-OH is 1. The molecule has 1 saturated heterocycles. The number of hydrogen-bond acceptors (Lipinski definition) is 4. The molecule has 5 nitrogen and oxygen atoms in total. The van der Waals surface area contributed by atoms with Crippen LogP contribution in [0.5, 0.6) is 0 Å². The molecule has 21 heavy (non-hydrogen) atoms. The molecule has 112 valence electrons. The second kappa shape index (κ2) is 7.77. The normalized spacial score (nSPS) is 18.0. The molecule has 1 amide bonds. The summed E-state index contributed by atoms with van der Waals surface area (Å²) in [6.45, 7) is 3.86. The van der Waals surface area contributed by atoms with Gasteiger partial charge in [-0.15, -0.1) is 0 Å². The quantitative estimate of drug-likeness (QED) is 0.845. The Hall–Kier alpha value is -1.90. The Morgan fingerprint density at radius 2 is 2.43 bits per heavy atom. The molecule has 1 aromatic heterocycles. The van der Waals surface area contributed by atoms with Crippen molar-refractivity contribution in [3.63, 3.8) is 0 Å². The Bertz CT molecular complexity index is 548. The van der Waals surface area contributed by atoms with Crippen molar-refractivity contribution < 1.29 is 14.6 Å². The Morgan fingerprint density at radius 3 is 3.19 bits per heavy atom. The van der Waals surface area contributed by atoms with E-state index in [-0.39, 0.29) is 18.6 Å². The van der Waals surface area contributed by atoms with E-state index in [1.54, 1.807) is 18.5 Å². The Balaban J connectivity index is 2.15. The van der Waals surface area contributed by atoms with Gasteiger partial charge in [-0.1, -0.05) is 18.8 Å². The van der Waals surface area contributed by atoms with Crippen LogP contribution in [0.25, 0.3) is 0 Å². The lowest BCUT2D eigenvalue weighted by molar-refractivity contribution is -0.00282. The average Bonchev–Trinajstić information content (AvgIpc) is 2.54. The van der Waals surface area contributed by atoms with Gasteiger partial charge in [-0.2, -0.15) is 0 Å². The van der Waals surface area contributed by atoms with Crippen LogP contribution in [0.2, 0.25) is 0 Å². The fourth-order valence-corrected chi connectivity index (χ4v) is 2.27. The number of rotatable bonds is 3. The molecule has 5 heteroatoms. The number of aromatic nitrogens is 1. The first-order chi connectivity index (χ1) is 10.3. The van der Waals surface area contributed by atoms with Gasteiger partial charge < -0.3 is 14.7 Å². The number of amides is 1. The highest BCUT2D eigenvalue weighted by Gasteiger charge is 2.26. The van der Waals surface area contributed by atoms with Crippen LogP contribution in [0.4, 0.5) is 0 Å². The maximum absolute atomic E-state index is 12.6. The minimum atomic E-state index is -0.0246. The summed E-state index contributed by atoms with van der Waals surface area (Å²) in [5.41, 5.74) is 1.24. The number of carbonyl (C=O) groups excluding carboxylic acids is 1. The molecule has 1 N–H and O–H groups in total. The van der Waals surface area contributed by atoms with Gasteiger partial charge in [0.25, 0.3) is 5.91 Å². The van der Waals surface area contributed by atoms with E-state index in [0.717, 1.165) is 6.42 Å². The molecule has 2 rings (SSSR count). The van der Waals surface area contributed by atoms with E-state index in [4.69, 9.17) is 9.84 Å². The van der Waals surface area contributed by atoms with Crippen LogP contribution in [0.3, 0.4) is 0 Å². The SMILES string of the molecule is CCC1COCCN1C(=O)c1cncc(C#CCCO)c1. The fourth-order valence-electron chi connectivity index (χ4n) is 2.27. The number of ether oxygens (including phenoxy) is 1. The third-order valence-corrected chi connectivity index (χ3v) is 3.41. The van der Waals surface area contributed by atoms with Gasteiger partial charge in [0.05, 0.1) is 31.4 Å². The van der Waals surface area contributed by atoms with Crippen LogP contribution in [-0.2, 0) is 4.74 Å². The zero-order valence-corrected chi connectivity index (χ0v) is 12.2. The summed E-state index contributed by atoms with van der Waals surface area (Å²) in [6.07, 6.45) is 4.48. The topological polar surface area (TPSA) is 62.7 Å². The molecule has 1 unspecified atom stereocenters. The van der Waals surface area contributed by atoms with Gasteiger partial charge in [-0.25, -0.2) is 0 Å². The lowest BCUT2D eigenvalue weighted by Crippen LogP contribution is -2.48. The number of morpholine rings is 1. The van der Waals surface area contributed by atoms with E-state index in [0.29, 0.717) is 37.3 Å². The third kappa shape index (κ3) is 4.03. The number of pyridine rings is 1. The number of carbonyl (C=O) groups is 1. The van der Waals surface area contributed by atoms with Crippen LogP contribution in [0.15, 0.2) is 18.5 Å². The first-order valence-electron chi connectivity index (χ1n) is 7.19. The zero-order chi connectivity index (χ0) is 15.1. The molecular weight excluding hydrogens is 268 g/mol. The Labute approximate surface area is 124 Å². The first kappa shape index (κ1) is 15.5. The average molecular weight is 288 g/mol. The van der Waals surface area contributed by atoms with Crippen LogP contribution in [0, 0.1) is 11.8 Å². The number of nitrogens with zero attached hydrogens (tertiary/aromatic N) is 2. The highest BCUT2D eigenvalue weighted by atomic mass is 16.5. The van der Waals surface area contributed by atoms with E-state index < -0.39 is 0 Å². The van der Waals surface area contributed by atoms with Gasteiger partial charge in [0.2, 0.25) is 0 Å².